The minimum Gasteiger partial charge on any atom is -0.477 e. The molecule has 0 aromatic carbocycles. The standard InChI is InChI=1S/C16H14N8O6S3/c1-5(25)19-16-23-22-11(33-16)6-3-31-13-9(12(27)24(13)10(6)14(28)29)20-7(26)2-18-30-8-4-32-15(17)21-8/h2,4,9,13H,3H2,1H3,(H2,17,21)(H,20,26)(H,28,29)(H,19,23,25)/b18-2+. The maximum atomic E-state index is 12.7. The number of anilines is 2. The van der Waals surface area contributed by atoms with E-state index in [1.54, 1.807) is 0 Å². The summed E-state index contributed by atoms with van der Waals surface area (Å²) in [4.78, 5) is 57.7. The van der Waals surface area contributed by atoms with Crippen LogP contribution in [0.4, 0.5) is 10.3 Å². The number of amides is 3. The Kier molecular flexibility index (Phi) is 6.25. The molecule has 0 radical (unpaired) electrons. The number of thioether (sulfide) groups is 1. The SMILES string of the molecule is CC(=O)Nc1nnc(C2=C(C(=O)O)N3C(=O)C(NC(=O)/C=N/Oc4csc(N)n4)C3SC2)s1. The number of thiazole rings is 1. The van der Waals surface area contributed by atoms with Crippen molar-refractivity contribution in [1.29, 1.82) is 0 Å². The van der Waals surface area contributed by atoms with Crippen LogP contribution in [0.3, 0.4) is 0 Å². The summed E-state index contributed by atoms with van der Waals surface area (Å²) >= 11 is 3.40. The number of carboxylic acids is 1. The third-order valence-electron chi connectivity index (χ3n) is 4.25. The molecule has 2 aliphatic rings. The van der Waals surface area contributed by atoms with Crippen LogP contribution in [0.1, 0.15) is 11.9 Å². The lowest BCUT2D eigenvalue weighted by Crippen LogP contribution is -2.70. The van der Waals surface area contributed by atoms with Crippen LogP contribution < -0.4 is 21.2 Å². The van der Waals surface area contributed by atoms with Crippen LogP contribution in [0.25, 0.3) is 5.57 Å². The molecule has 0 saturated carbocycles. The Morgan fingerprint density at radius 3 is 2.85 bits per heavy atom. The lowest BCUT2D eigenvalue weighted by Gasteiger charge is -2.49. The van der Waals surface area contributed by atoms with Gasteiger partial charge in [-0.25, -0.2) is 4.79 Å². The quantitative estimate of drug-likeness (QED) is 0.218. The number of rotatable bonds is 7. The number of nitrogens with two attached hydrogens (primary N) is 1. The van der Waals surface area contributed by atoms with Gasteiger partial charge in [0.1, 0.15) is 28.3 Å². The summed E-state index contributed by atoms with van der Waals surface area (Å²) in [5.74, 6) is -2.63. The topological polar surface area (TPSA) is 202 Å². The zero-order chi connectivity index (χ0) is 23.7. The molecular formula is C16H14N8O6S3. The van der Waals surface area contributed by atoms with E-state index in [2.05, 4.69) is 31.0 Å². The zero-order valence-electron chi connectivity index (χ0n) is 16.5. The van der Waals surface area contributed by atoms with Gasteiger partial charge >= 0.3 is 5.97 Å². The van der Waals surface area contributed by atoms with E-state index in [9.17, 15) is 24.3 Å². The summed E-state index contributed by atoms with van der Waals surface area (Å²) in [6, 6.07) is -0.941. The molecule has 2 aromatic heterocycles. The molecule has 2 aliphatic heterocycles. The average molecular weight is 511 g/mol. The lowest BCUT2D eigenvalue weighted by atomic mass is 10.0. The number of hydrogen-bond donors (Lipinski definition) is 4. The van der Waals surface area contributed by atoms with E-state index in [4.69, 9.17) is 10.6 Å². The third-order valence-corrected chi connectivity index (χ3v) is 7.08. The Bertz CT molecular complexity index is 1210. The van der Waals surface area contributed by atoms with Gasteiger partial charge in [0.15, 0.2) is 5.13 Å². The molecule has 0 aliphatic carbocycles. The van der Waals surface area contributed by atoms with Crippen LogP contribution in [0.5, 0.6) is 5.88 Å². The molecule has 172 valence electrons. The van der Waals surface area contributed by atoms with Gasteiger partial charge in [-0.2, -0.15) is 4.98 Å². The average Bonchev–Trinajstić information content (AvgIpc) is 3.39. The Balaban J connectivity index is 1.45. The fourth-order valence-corrected chi connectivity index (χ4v) is 5.69. The maximum Gasteiger partial charge on any atom is 0.353 e. The van der Waals surface area contributed by atoms with Crippen LogP contribution in [-0.4, -0.2) is 72.3 Å². The molecule has 17 heteroatoms. The Morgan fingerprint density at radius 2 is 2.18 bits per heavy atom. The molecule has 4 rings (SSSR count). The summed E-state index contributed by atoms with van der Waals surface area (Å²) in [7, 11) is 0. The van der Waals surface area contributed by atoms with Gasteiger partial charge in [0, 0.05) is 18.2 Å². The molecule has 3 amide bonds. The van der Waals surface area contributed by atoms with Crippen LogP contribution >= 0.6 is 34.4 Å². The normalized spacial score (nSPS) is 19.8. The molecule has 1 saturated heterocycles. The van der Waals surface area contributed by atoms with Crippen LogP contribution in [-0.2, 0) is 19.2 Å². The van der Waals surface area contributed by atoms with Crippen molar-refractivity contribution in [2.24, 2.45) is 5.16 Å². The summed E-state index contributed by atoms with van der Waals surface area (Å²) in [5.41, 5.74) is 5.52. The molecule has 2 atom stereocenters. The number of β-lactam (4-membered cyclic amide) rings is 1. The van der Waals surface area contributed by atoms with Crippen molar-refractivity contribution in [2.45, 2.75) is 18.3 Å². The molecule has 2 unspecified atom stereocenters. The van der Waals surface area contributed by atoms with Crippen LogP contribution in [0.2, 0.25) is 0 Å². The predicted molar refractivity (Wildman–Crippen MR) is 119 cm³/mol. The van der Waals surface area contributed by atoms with Gasteiger partial charge in [0.25, 0.3) is 17.7 Å². The fourth-order valence-electron chi connectivity index (χ4n) is 2.96. The smallest absolute Gasteiger partial charge is 0.353 e. The van der Waals surface area contributed by atoms with E-state index in [1.807, 2.05) is 0 Å². The number of nitrogen functional groups attached to an aromatic ring is 1. The molecule has 4 heterocycles. The molecule has 1 fully saturated rings. The van der Waals surface area contributed by atoms with Crippen molar-refractivity contribution in [3.63, 3.8) is 0 Å². The van der Waals surface area contributed by atoms with Gasteiger partial charge in [-0.05, 0) is 0 Å². The highest BCUT2D eigenvalue weighted by atomic mass is 32.2. The Labute approximate surface area is 196 Å². The van der Waals surface area contributed by atoms with Gasteiger partial charge in [-0.15, -0.1) is 33.3 Å². The minimum absolute atomic E-state index is 0.123. The van der Waals surface area contributed by atoms with Crippen LogP contribution in [0, 0.1) is 0 Å². The minimum atomic E-state index is -1.32. The number of aliphatic carboxylic acids is 1. The van der Waals surface area contributed by atoms with Crippen molar-refractivity contribution in [1.82, 2.24) is 25.4 Å². The second kappa shape index (κ2) is 9.12. The predicted octanol–water partition coefficient (Wildman–Crippen LogP) is -0.204. The van der Waals surface area contributed by atoms with Gasteiger partial charge in [0.2, 0.25) is 11.0 Å². The van der Waals surface area contributed by atoms with Gasteiger partial charge in [-0.3, -0.25) is 19.3 Å². The Hall–Kier alpha value is -3.57. The number of carbonyl (C=O) groups is 4. The highest BCUT2D eigenvalue weighted by Crippen LogP contribution is 2.44. The van der Waals surface area contributed by atoms with E-state index in [1.165, 1.54) is 24.1 Å². The van der Waals surface area contributed by atoms with Gasteiger partial charge < -0.3 is 26.3 Å². The summed E-state index contributed by atoms with van der Waals surface area (Å²) in [5, 5.41) is 27.6. The number of carboxylic acid groups (broad SMARTS) is 1. The molecule has 33 heavy (non-hydrogen) atoms. The third kappa shape index (κ3) is 4.64. The van der Waals surface area contributed by atoms with Crippen molar-refractivity contribution in [3.8, 4) is 5.88 Å². The highest BCUT2D eigenvalue weighted by Gasteiger charge is 2.54. The molecule has 14 nitrogen and oxygen atoms in total. The Morgan fingerprint density at radius 1 is 1.39 bits per heavy atom. The second-order valence-electron chi connectivity index (χ2n) is 6.47. The summed E-state index contributed by atoms with van der Waals surface area (Å²) < 4.78 is 0. The van der Waals surface area contributed by atoms with E-state index in [0.717, 1.165) is 33.8 Å². The maximum absolute atomic E-state index is 12.7. The van der Waals surface area contributed by atoms with E-state index in [-0.39, 0.29) is 38.5 Å². The number of aromatic nitrogens is 3. The van der Waals surface area contributed by atoms with Gasteiger partial charge in [0.05, 0.1) is 5.38 Å². The molecular weight excluding hydrogens is 496 g/mol. The fraction of sp³-hybridized carbons (Fsp3) is 0.250. The second-order valence-corrected chi connectivity index (χ2v) is 9.44. The first-order valence-corrected chi connectivity index (χ1v) is 11.7. The number of fused-ring (bicyclic) bond motifs is 1. The highest BCUT2D eigenvalue weighted by molar-refractivity contribution is 8.00. The first kappa shape index (κ1) is 22.6. The summed E-state index contributed by atoms with van der Waals surface area (Å²) in [6.45, 7) is 1.31. The van der Waals surface area contributed by atoms with E-state index < -0.39 is 29.2 Å². The first-order valence-electron chi connectivity index (χ1n) is 8.99. The zero-order valence-corrected chi connectivity index (χ0v) is 19.0. The van der Waals surface area contributed by atoms with Crippen molar-refractivity contribution in [2.75, 3.05) is 16.8 Å². The number of hydrogen-bond acceptors (Lipinski definition) is 13. The number of nitrogens with zero attached hydrogens (tertiary/aromatic N) is 5. The van der Waals surface area contributed by atoms with Gasteiger partial charge in [-0.1, -0.05) is 16.5 Å². The molecule has 2 aromatic rings. The van der Waals surface area contributed by atoms with Crippen molar-refractivity contribution >= 4 is 80.2 Å². The molecule has 0 spiro atoms. The number of carbonyl (C=O) groups excluding carboxylic acids is 3. The van der Waals surface area contributed by atoms with Crippen molar-refractivity contribution < 1.29 is 29.1 Å². The monoisotopic (exact) mass is 510 g/mol. The van der Waals surface area contributed by atoms with Crippen LogP contribution in [0.15, 0.2) is 16.2 Å². The lowest BCUT2D eigenvalue weighted by molar-refractivity contribution is -0.149. The number of oxime groups is 1. The number of nitrogens with one attached hydrogen (secondary N) is 2. The van der Waals surface area contributed by atoms with E-state index in [0.29, 0.717) is 5.57 Å². The first-order chi connectivity index (χ1) is 15.7. The van der Waals surface area contributed by atoms with E-state index >= 15 is 0 Å². The largest absolute Gasteiger partial charge is 0.477 e. The summed E-state index contributed by atoms with van der Waals surface area (Å²) in [6.07, 6.45) is 0.836. The van der Waals surface area contributed by atoms with Crippen molar-refractivity contribution in [3.05, 3.63) is 16.1 Å². The molecule has 0 bridgehead atoms. The molecule has 5 N–H and O–H groups in total.